The Bertz CT molecular complexity index is 517. The van der Waals surface area contributed by atoms with Crippen molar-refractivity contribution in [3.63, 3.8) is 0 Å². The number of rotatable bonds is 3. The predicted molar refractivity (Wildman–Crippen MR) is 69.4 cm³/mol. The van der Waals surface area contributed by atoms with Gasteiger partial charge in [0.25, 0.3) is 0 Å². The van der Waals surface area contributed by atoms with Crippen molar-refractivity contribution in [3.8, 4) is 5.75 Å². The van der Waals surface area contributed by atoms with Gasteiger partial charge in [-0.15, -0.1) is 0 Å². The van der Waals surface area contributed by atoms with Crippen LogP contribution in [0.1, 0.15) is 12.5 Å². The number of carboxylic acid groups (broad SMARTS) is 1. The zero-order valence-electron chi connectivity index (χ0n) is 10.4. The number of carboxylic acids is 1. The molecule has 1 aromatic rings. The number of benzene rings is 1. The summed E-state index contributed by atoms with van der Waals surface area (Å²) in [5.41, 5.74) is 0.863. The van der Waals surface area contributed by atoms with Crippen molar-refractivity contribution in [2.24, 2.45) is 5.92 Å². The first-order valence-corrected chi connectivity index (χ1v) is 6.29. The highest BCUT2D eigenvalue weighted by Crippen LogP contribution is 2.29. The Morgan fingerprint density at radius 3 is 2.95 bits per heavy atom. The van der Waals surface area contributed by atoms with Crippen LogP contribution in [0.3, 0.4) is 0 Å². The van der Waals surface area contributed by atoms with Crippen LogP contribution < -0.4 is 10.1 Å². The highest BCUT2D eigenvalue weighted by atomic mass is 35.5. The molecule has 0 spiro atoms. The molecular formula is C13H14ClNO4. The predicted octanol–water partition coefficient (Wildman–Crippen LogP) is 1.48. The molecule has 2 rings (SSSR count). The van der Waals surface area contributed by atoms with E-state index in [1.807, 2.05) is 0 Å². The highest BCUT2D eigenvalue weighted by Gasteiger charge is 2.28. The van der Waals surface area contributed by atoms with Crippen LogP contribution in [-0.4, -0.2) is 29.6 Å². The first-order chi connectivity index (χ1) is 8.97. The molecule has 0 aromatic heterocycles. The van der Waals surface area contributed by atoms with Gasteiger partial charge in [-0.2, -0.15) is 0 Å². The van der Waals surface area contributed by atoms with E-state index < -0.39 is 17.9 Å². The van der Waals surface area contributed by atoms with Crippen molar-refractivity contribution in [1.82, 2.24) is 5.32 Å². The van der Waals surface area contributed by atoms with E-state index in [-0.39, 0.29) is 12.5 Å². The van der Waals surface area contributed by atoms with Crippen molar-refractivity contribution in [2.45, 2.75) is 19.4 Å². The van der Waals surface area contributed by atoms with Crippen molar-refractivity contribution < 1.29 is 19.4 Å². The fraction of sp³-hybridized carbons (Fsp3) is 0.385. The molecule has 1 amide bonds. The van der Waals surface area contributed by atoms with E-state index in [4.69, 9.17) is 21.4 Å². The summed E-state index contributed by atoms with van der Waals surface area (Å²) in [5.74, 6) is -1.05. The van der Waals surface area contributed by atoms with E-state index >= 15 is 0 Å². The van der Waals surface area contributed by atoms with Crippen LogP contribution in [0, 0.1) is 5.92 Å². The Balaban J connectivity index is 2.05. The Hall–Kier alpha value is -1.75. The molecule has 1 heterocycles. The molecular weight excluding hydrogens is 270 g/mol. The van der Waals surface area contributed by atoms with E-state index in [2.05, 4.69) is 5.32 Å². The van der Waals surface area contributed by atoms with Gasteiger partial charge in [-0.3, -0.25) is 9.59 Å². The van der Waals surface area contributed by atoms with Gasteiger partial charge in [-0.1, -0.05) is 11.6 Å². The maximum atomic E-state index is 11.9. The van der Waals surface area contributed by atoms with E-state index in [0.29, 0.717) is 11.4 Å². The molecule has 19 heavy (non-hydrogen) atoms. The van der Waals surface area contributed by atoms with Crippen molar-refractivity contribution in [1.29, 1.82) is 0 Å². The van der Waals surface area contributed by atoms with Gasteiger partial charge < -0.3 is 15.2 Å². The number of halogens is 1. The SMILES string of the molecule is C[C@H](NC(=O)C1COc2ccc(Cl)cc2C1)C(=O)O. The van der Waals surface area contributed by atoms with Crippen molar-refractivity contribution in [2.75, 3.05) is 6.61 Å². The molecule has 1 aromatic carbocycles. The number of nitrogens with one attached hydrogen (secondary N) is 1. The van der Waals surface area contributed by atoms with Crippen LogP contribution in [0.25, 0.3) is 0 Å². The molecule has 2 atom stereocenters. The number of carbonyl (C=O) groups excluding carboxylic acids is 1. The number of hydrogen-bond donors (Lipinski definition) is 2. The normalized spacial score (nSPS) is 18.9. The van der Waals surface area contributed by atoms with Crippen LogP contribution in [0.5, 0.6) is 5.75 Å². The topological polar surface area (TPSA) is 75.6 Å². The number of amides is 1. The van der Waals surface area contributed by atoms with Crippen LogP contribution in [-0.2, 0) is 16.0 Å². The molecule has 1 aliphatic rings. The lowest BCUT2D eigenvalue weighted by Crippen LogP contribution is -2.44. The average Bonchev–Trinajstić information content (AvgIpc) is 2.37. The minimum atomic E-state index is -1.06. The Morgan fingerprint density at radius 2 is 2.26 bits per heavy atom. The van der Waals surface area contributed by atoms with Crippen molar-refractivity contribution in [3.05, 3.63) is 28.8 Å². The number of aliphatic carboxylic acids is 1. The molecule has 0 radical (unpaired) electrons. The second-order valence-corrected chi connectivity index (χ2v) is 4.97. The molecule has 1 unspecified atom stereocenters. The summed E-state index contributed by atoms with van der Waals surface area (Å²) in [5, 5.41) is 11.8. The zero-order chi connectivity index (χ0) is 14.0. The maximum Gasteiger partial charge on any atom is 0.325 e. The second kappa shape index (κ2) is 5.48. The quantitative estimate of drug-likeness (QED) is 0.881. The lowest BCUT2D eigenvalue weighted by atomic mass is 9.96. The molecule has 0 bridgehead atoms. The minimum Gasteiger partial charge on any atom is -0.492 e. The summed E-state index contributed by atoms with van der Waals surface area (Å²) >= 11 is 5.90. The van der Waals surface area contributed by atoms with Crippen LogP contribution >= 0.6 is 11.6 Å². The fourth-order valence-electron chi connectivity index (χ4n) is 1.92. The summed E-state index contributed by atoms with van der Waals surface area (Å²) in [4.78, 5) is 22.6. The Kier molecular flexibility index (Phi) is 3.95. The third kappa shape index (κ3) is 3.17. The summed E-state index contributed by atoms with van der Waals surface area (Å²) in [6.45, 7) is 1.67. The standard InChI is InChI=1S/C13H14ClNO4/c1-7(13(17)18)15-12(16)9-4-8-5-10(14)2-3-11(8)19-6-9/h2-3,5,7,9H,4,6H2,1H3,(H,15,16)(H,17,18)/t7-,9?/m0/s1. The highest BCUT2D eigenvalue weighted by molar-refractivity contribution is 6.30. The summed E-state index contributed by atoms with van der Waals surface area (Å²) in [7, 11) is 0. The maximum absolute atomic E-state index is 11.9. The summed E-state index contributed by atoms with van der Waals surface area (Å²) < 4.78 is 5.49. The number of fused-ring (bicyclic) bond motifs is 1. The summed E-state index contributed by atoms with van der Waals surface area (Å²) in [6.07, 6.45) is 0.494. The molecule has 0 saturated carbocycles. The van der Waals surface area contributed by atoms with E-state index in [0.717, 1.165) is 11.3 Å². The van der Waals surface area contributed by atoms with Crippen LogP contribution in [0.15, 0.2) is 18.2 Å². The van der Waals surface area contributed by atoms with Crippen LogP contribution in [0.2, 0.25) is 5.02 Å². The second-order valence-electron chi connectivity index (χ2n) is 4.53. The number of carbonyl (C=O) groups is 2. The Morgan fingerprint density at radius 1 is 1.53 bits per heavy atom. The third-order valence-corrected chi connectivity index (χ3v) is 3.26. The average molecular weight is 284 g/mol. The van der Waals surface area contributed by atoms with Crippen LogP contribution in [0.4, 0.5) is 0 Å². The van der Waals surface area contributed by atoms with Gasteiger partial charge >= 0.3 is 5.97 Å². The molecule has 1 aliphatic heterocycles. The minimum absolute atomic E-state index is 0.243. The van der Waals surface area contributed by atoms with E-state index in [1.54, 1.807) is 18.2 Å². The lowest BCUT2D eigenvalue weighted by Gasteiger charge is -2.25. The number of hydrogen-bond acceptors (Lipinski definition) is 3. The third-order valence-electron chi connectivity index (χ3n) is 3.03. The lowest BCUT2D eigenvalue weighted by molar-refractivity contribution is -0.142. The molecule has 102 valence electrons. The molecule has 5 nitrogen and oxygen atoms in total. The molecule has 0 fully saturated rings. The largest absolute Gasteiger partial charge is 0.492 e. The molecule has 0 saturated heterocycles. The van der Waals surface area contributed by atoms with Gasteiger partial charge in [-0.05, 0) is 37.1 Å². The number of ether oxygens (including phenoxy) is 1. The first kappa shape index (κ1) is 13.7. The van der Waals surface area contributed by atoms with E-state index in [1.165, 1.54) is 6.92 Å². The van der Waals surface area contributed by atoms with Gasteiger partial charge in [0.15, 0.2) is 0 Å². The molecule has 2 N–H and O–H groups in total. The van der Waals surface area contributed by atoms with Gasteiger partial charge in [0.1, 0.15) is 18.4 Å². The Labute approximate surface area is 115 Å². The zero-order valence-corrected chi connectivity index (χ0v) is 11.1. The van der Waals surface area contributed by atoms with Gasteiger partial charge in [0.2, 0.25) is 5.91 Å². The summed E-state index contributed by atoms with van der Waals surface area (Å²) in [6, 6.07) is 4.35. The first-order valence-electron chi connectivity index (χ1n) is 5.92. The fourth-order valence-corrected chi connectivity index (χ4v) is 2.12. The molecule has 0 aliphatic carbocycles. The van der Waals surface area contributed by atoms with Crippen molar-refractivity contribution >= 4 is 23.5 Å². The van der Waals surface area contributed by atoms with Gasteiger partial charge in [-0.25, -0.2) is 0 Å². The van der Waals surface area contributed by atoms with Gasteiger partial charge in [0.05, 0.1) is 5.92 Å². The smallest absolute Gasteiger partial charge is 0.325 e. The van der Waals surface area contributed by atoms with Gasteiger partial charge in [0, 0.05) is 5.02 Å². The molecule has 6 heteroatoms. The monoisotopic (exact) mass is 283 g/mol. The van der Waals surface area contributed by atoms with E-state index in [9.17, 15) is 9.59 Å².